The molecule has 0 saturated carbocycles. The molecule has 1 N–H and O–H groups in total. The summed E-state index contributed by atoms with van der Waals surface area (Å²) < 4.78 is 31.1. The normalized spacial score (nSPS) is 16.8. The van der Waals surface area contributed by atoms with E-state index in [-0.39, 0.29) is 5.75 Å². The first kappa shape index (κ1) is 17.9. The number of hydrogen-bond donors (Lipinski definition) is 1. The van der Waals surface area contributed by atoms with Gasteiger partial charge < -0.3 is 4.74 Å². The van der Waals surface area contributed by atoms with Gasteiger partial charge in [0.25, 0.3) is 0 Å². The fraction of sp³-hybridized carbons (Fsp3) is 0.471. The lowest BCUT2D eigenvalue weighted by atomic mass is 10.1. The molecule has 1 aromatic carbocycles. The molecule has 0 radical (unpaired) electrons. The average molecular weight is 364 g/mol. The lowest BCUT2D eigenvalue weighted by molar-refractivity contribution is 0.159. The molecule has 136 valence electrons. The quantitative estimate of drug-likeness (QED) is 0.804. The molecule has 2 aromatic rings. The minimum Gasteiger partial charge on any atom is -0.492 e. The number of benzene rings is 1. The predicted octanol–water partition coefficient (Wildman–Crippen LogP) is 1.42. The number of aromatic amines is 1. The third-order valence-electron chi connectivity index (χ3n) is 4.43. The standard InChI is InChI=1S/C17H24N4O3S/c1-2-25(22,23)21-11-9-20(10-12-21)13-14-24-16-5-3-15(4-6-16)17-7-8-18-19-17/h3-8H,2,9-14H2,1H3,(H,18,19). The number of piperazine rings is 1. The van der Waals surface area contributed by atoms with E-state index in [4.69, 9.17) is 4.74 Å². The fourth-order valence-electron chi connectivity index (χ4n) is 2.85. The summed E-state index contributed by atoms with van der Waals surface area (Å²) in [5.74, 6) is 1.00. The van der Waals surface area contributed by atoms with Gasteiger partial charge in [-0.05, 0) is 42.8 Å². The van der Waals surface area contributed by atoms with Crippen molar-refractivity contribution >= 4 is 10.0 Å². The molecule has 0 bridgehead atoms. The van der Waals surface area contributed by atoms with Crippen LogP contribution in [0, 0.1) is 0 Å². The summed E-state index contributed by atoms with van der Waals surface area (Å²) in [5.41, 5.74) is 2.05. The molecule has 7 nitrogen and oxygen atoms in total. The summed E-state index contributed by atoms with van der Waals surface area (Å²) in [7, 11) is -3.06. The molecule has 1 fully saturated rings. The van der Waals surface area contributed by atoms with Crippen LogP contribution in [0.2, 0.25) is 0 Å². The first-order chi connectivity index (χ1) is 12.1. The summed E-state index contributed by atoms with van der Waals surface area (Å²) in [6.07, 6.45) is 1.73. The molecule has 0 spiro atoms. The molecule has 2 heterocycles. The van der Waals surface area contributed by atoms with E-state index in [1.54, 1.807) is 17.4 Å². The average Bonchev–Trinajstić information content (AvgIpc) is 3.17. The zero-order valence-electron chi connectivity index (χ0n) is 14.4. The molecule has 8 heteroatoms. The molecule has 25 heavy (non-hydrogen) atoms. The summed E-state index contributed by atoms with van der Waals surface area (Å²) in [6, 6.07) is 9.81. The second-order valence-electron chi connectivity index (χ2n) is 5.98. The number of ether oxygens (including phenoxy) is 1. The van der Waals surface area contributed by atoms with Crippen LogP contribution in [0.3, 0.4) is 0 Å². The molecule has 0 aliphatic carbocycles. The Bertz CT molecular complexity index is 752. The van der Waals surface area contributed by atoms with Crippen LogP contribution in [0.1, 0.15) is 6.92 Å². The van der Waals surface area contributed by atoms with Gasteiger partial charge in [0.2, 0.25) is 10.0 Å². The zero-order chi connectivity index (χ0) is 17.7. The topological polar surface area (TPSA) is 78.5 Å². The van der Waals surface area contributed by atoms with Crippen molar-refractivity contribution in [3.8, 4) is 17.0 Å². The van der Waals surface area contributed by atoms with E-state index < -0.39 is 10.0 Å². The molecule has 1 saturated heterocycles. The number of nitrogens with zero attached hydrogens (tertiary/aromatic N) is 3. The van der Waals surface area contributed by atoms with Gasteiger partial charge in [-0.25, -0.2) is 8.42 Å². The molecule has 1 aliphatic heterocycles. The lowest BCUT2D eigenvalue weighted by Crippen LogP contribution is -2.49. The fourth-order valence-corrected chi connectivity index (χ4v) is 3.94. The van der Waals surface area contributed by atoms with Crippen molar-refractivity contribution in [1.29, 1.82) is 0 Å². The highest BCUT2D eigenvalue weighted by Crippen LogP contribution is 2.20. The van der Waals surface area contributed by atoms with Gasteiger partial charge in [0, 0.05) is 38.9 Å². The Labute approximate surface area is 148 Å². The molecule has 0 atom stereocenters. The molecule has 1 aromatic heterocycles. The van der Waals surface area contributed by atoms with Crippen LogP contribution >= 0.6 is 0 Å². The molecule has 0 amide bonds. The van der Waals surface area contributed by atoms with Crippen LogP contribution in [-0.2, 0) is 10.0 Å². The minimum atomic E-state index is -3.06. The van der Waals surface area contributed by atoms with E-state index in [1.165, 1.54) is 0 Å². The van der Waals surface area contributed by atoms with Gasteiger partial charge in [-0.2, -0.15) is 9.40 Å². The largest absolute Gasteiger partial charge is 0.492 e. The minimum absolute atomic E-state index is 0.171. The van der Waals surface area contributed by atoms with E-state index >= 15 is 0 Å². The van der Waals surface area contributed by atoms with Gasteiger partial charge in [0.15, 0.2) is 0 Å². The molecule has 1 aliphatic rings. The van der Waals surface area contributed by atoms with Gasteiger partial charge in [-0.1, -0.05) is 0 Å². The van der Waals surface area contributed by atoms with Gasteiger partial charge in [-0.15, -0.1) is 0 Å². The highest BCUT2D eigenvalue weighted by Gasteiger charge is 2.25. The van der Waals surface area contributed by atoms with E-state index in [0.29, 0.717) is 19.7 Å². The molecule has 0 unspecified atom stereocenters. The van der Waals surface area contributed by atoms with Crippen molar-refractivity contribution in [1.82, 2.24) is 19.4 Å². The maximum absolute atomic E-state index is 11.8. The Balaban J connectivity index is 1.42. The Morgan fingerprint density at radius 2 is 1.84 bits per heavy atom. The zero-order valence-corrected chi connectivity index (χ0v) is 15.2. The van der Waals surface area contributed by atoms with Crippen LogP contribution in [0.4, 0.5) is 0 Å². The van der Waals surface area contributed by atoms with Crippen molar-refractivity contribution < 1.29 is 13.2 Å². The van der Waals surface area contributed by atoms with Crippen molar-refractivity contribution in [2.75, 3.05) is 45.1 Å². The number of rotatable bonds is 7. The van der Waals surface area contributed by atoms with E-state index in [9.17, 15) is 8.42 Å². The lowest BCUT2D eigenvalue weighted by Gasteiger charge is -2.33. The maximum Gasteiger partial charge on any atom is 0.213 e. The van der Waals surface area contributed by atoms with E-state index in [1.807, 2.05) is 30.3 Å². The SMILES string of the molecule is CCS(=O)(=O)N1CCN(CCOc2ccc(-c3ccn[nH]3)cc2)CC1. The Morgan fingerprint density at radius 3 is 2.44 bits per heavy atom. The smallest absolute Gasteiger partial charge is 0.213 e. The molecule has 3 rings (SSSR count). The van der Waals surface area contributed by atoms with Crippen LogP contribution in [0.25, 0.3) is 11.3 Å². The second kappa shape index (κ2) is 7.99. The van der Waals surface area contributed by atoms with Crippen molar-refractivity contribution in [3.05, 3.63) is 36.5 Å². The Hall–Kier alpha value is -1.90. The third-order valence-corrected chi connectivity index (χ3v) is 6.31. The van der Waals surface area contributed by atoms with Gasteiger partial charge in [-0.3, -0.25) is 10.00 Å². The van der Waals surface area contributed by atoms with Crippen LogP contribution < -0.4 is 4.74 Å². The summed E-state index contributed by atoms with van der Waals surface area (Å²) in [5, 5.41) is 6.88. The number of sulfonamides is 1. The van der Waals surface area contributed by atoms with Crippen LogP contribution in [0.15, 0.2) is 36.5 Å². The van der Waals surface area contributed by atoms with E-state index in [2.05, 4.69) is 15.1 Å². The first-order valence-corrected chi connectivity index (χ1v) is 10.1. The number of aromatic nitrogens is 2. The third kappa shape index (κ3) is 4.59. The predicted molar refractivity (Wildman–Crippen MR) is 97.0 cm³/mol. The van der Waals surface area contributed by atoms with Crippen molar-refractivity contribution in [2.45, 2.75) is 6.92 Å². The maximum atomic E-state index is 11.8. The monoisotopic (exact) mass is 364 g/mol. The van der Waals surface area contributed by atoms with Gasteiger partial charge >= 0.3 is 0 Å². The highest BCUT2D eigenvalue weighted by molar-refractivity contribution is 7.89. The molecular formula is C17H24N4O3S. The second-order valence-corrected chi connectivity index (χ2v) is 8.24. The van der Waals surface area contributed by atoms with Gasteiger partial charge in [0.05, 0.1) is 11.4 Å². The van der Waals surface area contributed by atoms with Crippen molar-refractivity contribution in [3.63, 3.8) is 0 Å². The van der Waals surface area contributed by atoms with Crippen LogP contribution in [0.5, 0.6) is 5.75 Å². The Kier molecular flexibility index (Phi) is 5.72. The van der Waals surface area contributed by atoms with E-state index in [0.717, 1.165) is 36.6 Å². The van der Waals surface area contributed by atoms with Crippen molar-refractivity contribution in [2.24, 2.45) is 0 Å². The summed E-state index contributed by atoms with van der Waals surface area (Å²) in [6.45, 7) is 5.70. The molecular weight excluding hydrogens is 340 g/mol. The number of nitrogens with one attached hydrogen (secondary N) is 1. The highest BCUT2D eigenvalue weighted by atomic mass is 32.2. The Morgan fingerprint density at radius 1 is 1.12 bits per heavy atom. The van der Waals surface area contributed by atoms with Gasteiger partial charge in [0.1, 0.15) is 12.4 Å². The first-order valence-electron chi connectivity index (χ1n) is 8.51. The summed E-state index contributed by atoms with van der Waals surface area (Å²) in [4.78, 5) is 2.24. The number of H-pyrrole nitrogens is 1. The van der Waals surface area contributed by atoms with Crippen LogP contribution in [-0.4, -0.2) is 72.9 Å². The summed E-state index contributed by atoms with van der Waals surface area (Å²) >= 11 is 0. The number of hydrogen-bond acceptors (Lipinski definition) is 5.